The van der Waals surface area contributed by atoms with Gasteiger partial charge in [0.15, 0.2) is 0 Å². The first-order chi connectivity index (χ1) is 3.81. The van der Waals surface area contributed by atoms with E-state index < -0.39 is 0 Å². The standard InChI is InChI=1S/C4H11NS.C2H6.ClH/c1-3-5(6)4-2;1-2;/h6H,3-4H2,1-2H3;1-2H3;1H. The van der Waals surface area contributed by atoms with Crippen molar-refractivity contribution in [3.8, 4) is 0 Å². The summed E-state index contributed by atoms with van der Waals surface area (Å²) in [5, 5.41) is 0. The summed E-state index contributed by atoms with van der Waals surface area (Å²) in [6, 6.07) is 0. The van der Waals surface area contributed by atoms with Crippen LogP contribution < -0.4 is 0 Å². The van der Waals surface area contributed by atoms with Crippen LogP contribution in [0.4, 0.5) is 0 Å². The molecule has 3 heteroatoms. The number of nitrogens with zero attached hydrogens (tertiary/aromatic N) is 1. The second-order valence-electron chi connectivity index (χ2n) is 1.14. The molecular formula is C6H18ClNS. The van der Waals surface area contributed by atoms with E-state index in [1.807, 2.05) is 18.2 Å². The Morgan fingerprint density at radius 2 is 1.33 bits per heavy atom. The van der Waals surface area contributed by atoms with E-state index in [0.29, 0.717) is 0 Å². The van der Waals surface area contributed by atoms with Crippen molar-refractivity contribution < 1.29 is 0 Å². The molecule has 0 aromatic rings. The first-order valence-corrected chi connectivity index (χ1v) is 3.65. The summed E-state index contributed by atoms with van der Waals surface area (Å²) < 4.78 is 1.94. The maximum Gasteiger partial charge on any atom is 0.00584 e. The van der Waals surface area contributed by atoms with Crippen molar-refractivity contribution in [1.29, 1.82) is 0 Å². The Morgan fingerprint density at radius 3 is 1.33 bits per heavy atom. The maximum atomic E-state index is 4.06. The van der Waals surface area contributed by atoms with Gasteiger partial charge >= 0.3 is 0 Å². The van der Waals surface area contributed by atoms with E-state index in [1.54, 1.807) is 0 Å². The SMILES string of the molecule is CC.CCN(S)CC.Cl. The molecule has 0 aromatic heterocycles. The molecule has 0 fully saturated rings. The van der Waals surface area contributed by atoms with E-state index in [4.69, 9.17) is 0 Å². The Bertz CT molecular complexity index is 32.2. The zero-order valence-electron chi connectivity index (χ0n) is 6.72. The molecule has 0 bridgehead atoms. The minimum atomic E-state index is 0. The first-order valence-electron chi connectivity index (χ1n) is 3.25. The van der Waals surface area contributed by atoms with Gasteiger partial charge in [0.05, 0.1) is 0 Å². The van der Waals surface area contributed by atoms with Gasteiger partial charge in [-0.05, 0) is 0 Å². The molecule has 1 nitrogen and oxygen atoms in total. The Labute approximate surface area is 70.8 Å². The molecule has 9 heavy (non-hydrogen) atoms. The molecule has 0 aliphatic carbocycles. The normalized spacial score (nSPS) is 7.33. The van der Waals surface area contributed by atoms with Gasteiger partial charge in [-0.1, -0.05) is 40.5 Å². The summed E-state index contributed by atoms with van der Waals surface area (Å²) in [6.45, 7) is 10.2. The largest absolute Gasteiger partial charge is 0.254 e. The van der Waals surface area contributed by atoms with Crippen molar-refractivity contribution >= 4 is 25.2 Å². The Balaban J connectivity index is -0.000000109. The second-order valence-corrected chi connectivity index (χ2v) is 1.70. The van der Waals surface area contributed by atoms with E-state index in [0.717, 1.165) is 13.1 Å². The Morgan fingerprint density at radius 1 is 1.11 bits per heavy atom. The van der Waals surface area contributed by atoms with Gasteiger partial charge in [0.25, 0.3) is 0 Å². The molecule has 0 aromatic carbocycles. The third-order valence-corrected chi connectivity index (χ3v) is 1.30. The Hall–Kier alpha value is 0.600. The van der Waals surface area contributed by atoms with Crippen molar-refractivity contribution in [3.63, 3.8) is 0 Å². The summed E-state index contributed by atoms with van der Waals surface area (Å²) >= 11 is 4.06. The highest BCUT2D eigenvalue weighted by Crippen LogP contribution is 1.86. The van der Waals surface area contributed by atoms with E-state index in [-0.39, 0.29) is 12.4 Å². The molecule has 0 amide bonds. The van der Waals surface area contributed by atoms with Gasteiger partial charge in [-0.2, -0.15) is 0 Å². The lowest BCUT2D eigenvalue weighted by Crippen LogP contribution is -2.08. The molecule has 0 N–H and O–H groups in total. The molecule has 60 valence electrons. The van der Waals surface area contributed by atoms with Crippen molar-refractivity contribution in [2.75, 3.05) is 13.1 Å². The molecular weight excluding hydrogens is 154 g/mol. The summed E-state index contributed by atoms with van der Waals surface area (Å²) in [4.78, 5) is 0. The molecule has 0 saturated heterocycles. The minimum absolute atomic E-state index is 0. The van der Waals surface area contributed by atoms with Crippen molar-refractivity contribution in [2.24, 2.45) is 0 Å². The number of thiol groups is 1. The predicted octanol–water partition coefficient (Wildman–Crippen LogP) is 2.62. The fourth-order valence-electron chi connectivity index (χ4n) is 0.224. The summed E-state index contributed by atoms with van der Waals surface area (Å²) in [6.07, 6.45) is 0. The van der Waals surface area contributed by atoms with E-state index in [1.165, 1.54) is 0 Å². The van der Waals surface area contributed by atoms with Crippen molar-refractivity contribution in [1.82, 2.24) is 4.31 Å². The van der Waals surface area contributed by atoms with Crippen LogP contribution in [-0.2, 0) is 0 Å². The van der Waals surface area contributed by atoms with Crippen LogP contribution in [0.1, 0.15) is 27.7 Å². The number of hydrogen-bond acceptors (Lipinski definition) is 2. The first kappa shape index (κ1) is 16.3. The molecule has 0 atom stereocenters. The highest BCUT2D eigenvalue weighted by atomic mass is 35.5. The van der Waals surface area contributed by atoms with Crippen molar-refractivity contribution in [2.45, 2.75) is 27.7 Å². The van der Waals surface area contributed by atoms with Crippen LogP contribution in [0.3, 0.4) is 0 Å². The van der Waals surface area contributed by atoms with Gasteiger partial charge in [-0.3, -0.25) is 4.31 Å². The van der Waals surface area contributed by atoms with Crippen LogP contribution in [0.5, 0.6) is 0 Å². The minimum Gasteiger partial charge on any atom is -0.254 e. The van der Waals surface area contributed by atoms with E-state index >= 15 is 0 Å². The van der Waals surface area contributed by atoms with Crippen molar-refractivity contribution in [3.05, 3.63) is 0 Å². The summed E-state index contributed by atoms with van der Waals surface area (Å²) in [5.74, 6) is 0. The molecule has 0 spiro atoms. The molecule has 0 aliphatic heterocycles. The average molecular weight is 172 g/mol. The van der Waals surface area contributed by atoms with Crippen LogP contribution in [-0.4, -0.2) is 17.4 Å². The molecule has 0 radical (unpaired) electrons. The van der Waals surface area contributed by atoms with E-state index in [9.17, 15) is 0 Å². The molecule has 0 unspecified atom stereocenters. The Kier molecular flexibility index (Phi) is 28.7. The van der Waals surface area contributed by atoms with Gasteiger partial charge in [0.1, 0.15) is 0 Å². The number of rotatable bonds is 2. The number of hydrogen-bond donors (Lipinski definition) is 1. The van der Waals surface area contributed by atoms with Crippen LogP contribution in [0.2, 0.25) is 0 Å². The van der Waals surface area contributed by atoms with Gasteiger partial charge in [0, 0.05) is 13.1 Å². The van der Waals surface area contributed by atoms with Crippen LogP contribution in [0, 0.1) is 0 Å². The zero-order valence-corrected chi connectivity index (χ0v) is 8.43. The fourth-order valence-corrected chi connectivity index (χ4v) is 0.224. The highest BCUT2D eigenvalue weighted by molar-refractivity contribution is 7.77. The molecule has 0 aliphatic rings. The van der Waals surface area contributed by atoms with Gasteiger partial charge in [-0.15, -0.1) is 12.4 Å². The summed E-state index contributed by atoms with van der Waals surface area (Å²) in [7, 11) is 0. The van der Waals surface area contributed by atoms with E-state index in [2.05, 4.69) is 26.7 Å². The lowest BCUT2D eigenvalue weighted by Gasteiger charge is -2.05. The average Bonchev–Trinajstić information content (AvgIpc) is 1.91. The lowest BCUT2D eigenvalue weighted by molar-refractivity contribution is 0.532. The zero-order chi connectivity index (χ0) is 6.99. The predicted molar refractivity (Wildman–Crippen MR) is 50.5 cm³/mol. The maximum absolute atomic E-state index is 4.06. The van der Waals surface area contributed by atoms with Crippen LogP contribution in [0.15, 0.2) is 0 Å². The molecule has 0 heterocycles. The molecule has 0 rings (SSSR count). The third-order valence-electron chi connectivity index (χ3n) is 0.730. The third kappa shape index (κ3) is 17.7. The van der Waals surface area contributed by atoms with Crippen LogP contribution in [0.25, 0.3) is 0 Å². The second kappa shape index (κ2) is 15.8. The quantitative estimate of drug-likeness (QED) is 0.626. The lowest BCUT2D eigenvalue weighted by atomic mass is 10.7. The van der Waals surface area contributed by atoms with Gasteiger partial charge in [-0.25, -0.2) is 0 Å². The molecule has 0 saturated carbocycles. The van der Waals surface area contributed by atoms with Gasteiger partial charge < -0.3 is 0 Å². The fraction of sp³-hybridized carbons (Fsp3) is 1.00. The number of halogens is 1. The smallest absolute Gasteiger partial charge is 0.00584 e. The summed E-state index contributed by atoms with van der Waals surface area (Å²) in [5.41, 5.74) is 0. The highest BCUT2D eigenvalue weighted by Gasteiger charge is 1.83. The van der Waals surface area contributed by atoms with Crippen LogP contribution >= 0.6 is 25.2 Å². The topological polar surface area (TPSA) is 3.24 Å². The van der Waals surface area contributed by atoms with Gasteiger partial charge in [0.2, 0.25) is 0 Å². The monoisotopic (exact) mass is 171 g/mol.